The van der Waals surface area contributed by atoms with Crippen LogP contribution in [-0.2, 0) is 4.74 Å². The molecule has 0 N–H and O–H groups in total. The number of likely N-dealkylation sites (tertiary alicyclic amines) is 1. The predicted octanol–water partition coefficient (Wildman–Crippen LogP) is 3.57. The van der Waals surface area contributed by atoms with Gasteiger partial charge < -0.3 is 19.1 Å². The summed E-state index contributed by atoms with van der Waals surface area (Å²) in [6.45, 7) is 7.76. The average Bonchev–Trinajstić information content (AvgIpc) is 3.06. The third kappa shape index (κ3) is 3.92. The van der Waals surface area contributed by atoms with E-state index in [0.717, 1.165) is 36.8 Å². The molecule has 6 nitrogen and oxygen atoms in total. The van der Waals surface area contributed by atoms with Crippen LogP contribution in [-0.4, -0.2) is 66.1 Å². The minimum Gasteiger partial charge on any atom is -0.461 e. The summed E-state index contributed by atoms with van der Waals surface area (Å²) in [4.78, 5) is 29.6. The monoisotopic (exact) mass is 385 g/mol. The van der Waals surface area contributed by atoms with E-state index in [0.29, 0.717) is 23.9 Å². The zero-order valence-corrected chi connectivity index (χ0v) is 17.6. The molecule has 0 radical (unpaired) electrons. The second-order valence-corrected chi connectivity index (χ2v) is 8.00. The first kappa shape index (κ1) is 20.4. The van der Waals surface area contributed by atoms with Crippen molar-refractivity contribution in [1.82, 2.24) is 14.4 Å². The van der Waals surface area contributed by atoms with E-state index in [1.165, 1.54) is 0 Å². The van der Waals surface area contributed by atoms with Gasteiger partial charge in [0.15, 0.2) is 0 Å². The van der Waals surface area contributed by atoms with Gasteiger partial charge in [0.2, 0.25) is 0 Å². The van der Waals surface area contributed by atoms with Crippen LogP contribution in [0.3, 0.4) is 0 Å². The molecule has 1 aliphatic heterocycles. The summed E-state index contributed by atoms with van der Waals surface area (Å²) in [5, 5.41) is 0.892. The number of fused-ring (bicyclic) bond motifs is 1. The van der Waals surface area contributed by atoms with Gasteiger partial charge in [-0.25, -0.2) is 4.79 Å². The van der Waals surface area contributed by atoms with Gasteiger partial charge in [0.1, 0.15) is 5.69 Å². The average molecular weight is 386 g/mol. The Hall–Kier alpha value is -2.34. The standard InChI is InChI=1S/C22H31N3O3/c1-6-28-22(27)20-13-17-12-16(9-10-19(17)25(20)15(2)3)21(26)24-11-7-8-18(14-24)23(4)5/h9-10,12-13,15,18H,6-8,11,14H2,1-5H3. The molecule has 152 valence electrons. The maximum atomic E-state index is 13.1. The zero-order valence-electron chi connectivity index (χ0n) is 17.6. The summed E-state index contributed by atoms with van der Waals surface area (Å²) in [5.74, 6) is -0.270. The maximum absolute atomic E-state index is 13.1. The third-order valence-corrected chi connectivity index (χ3v) is 5.50. The van der Waals surface area contributed by atoms with E-state index in [1.807, 2.05) is 47.6 Å². The summed E-state index contributed by atoms with van der Waals surface area (Å²) in [6.07, 6.45) is 2.14. The van der Waals surface area contributed by atoms with Gasteiger partial charge >= 0.3 is 5.97 Å². The second-order valence-electron chi connectivity index (χ2n) is 8.00. The van der Waals surface area contributed by atoms with E-state index in [9.17, 15) is 9.59 Å². The van der Waals surface area contributed by atoms with E-state index in [2.05, 4.69) is 19.0 Å². The maximum Gasteiger partial charge on any atom is 0.354 e. The van der Waals surface area contributed by atoms with Gasteiger partial charge in [0.05, 0.1) is 6.61 Å². The number of piperidine rings is 1. The molecule has 28 heavy (non-hydrogen) atoms. The molecule has 2 aromatic rings. The van der Waals surface area contributed by atoms with Crippen molar-refractivity contribution in [3.05, 3.63) is 35.5 Å². The molecular formula is C22H31N3O3. The number of likely N-dealkylation sites (N-methyl/N-ethyl adjacent to an activating group) is 1. The fourth-order valence-electron chi connectivity index (χ4n) is 4.03. The number of nitrogens with zero attached hydrogens (tertiary/aromatic N) is 3. The highest BCUT2D eigenvalue weighted by molar-refractivity contribution is 6.01. The number of esters is 1. The zero-order chi connectivity index (χ0) is 20.4. The van der Waals surface area contributed by atoms with Crippen LogP contribution in [0.5, 0.6) is 0 Å². The van der Waals surface area contributed by atoms with Crippen molar-refractivity contribution in [2.75, 3.05) is 33.8 Å². The summed E-state index contributed by atoms with van der Waals surface area (Å²) >= 11 is 0. The van der Waals surface area contributed by atoms with Crippen molar-refractivity contribution in [2.24, 2.45) is 0 Å². The lowest BCUT2D eigenvalue weighted by molar-refractivity contribution is 0.0512. The lowest BCUT2D eigenvalue weighted by Gasteiger charge is -2.36. The Bertz CT molecular complexity index is 869. The lowest BCUT2D eigenvalue weighted by Crippen LogP contribution is -2.47. The van der Waals surface area contributed by atoms with E-state index in [1.54, 1.807) is 6.92 Å². The van der Waals surface area contributed by atoms with Crippen LogP contribution >= 0.6 is 0 Å². The highest BCUT2D eigenvalue weighted by Crippen LogP contribution is 2.27. The Morgan fingerprint density at radius 3 is 2.64 bits per heavy atom. The summed E-state index contributed by atoms with van der Waals surface area (Å²) < 4.78 is 7.19. The smallest absolute Gasteiger partial charge is 0.354 e. The van der Waals surface area contributed by atoms with Crippen LogP contribution in [0.25, 0.3) is 10.9 Å². The molecule has 1 unspecified atom stereocenters. The summed E-state index contributed by atoms with van der Waals surface area (Å²) in [6, 6.07) is 8.07. The molecule has 1 atom stereocenters. The molecule has 1 fully saturated rings. The Balaban J connectivity index is 1.93. The minimum atomic E-state index is -0.329. The largest absolute Gasteiger partial charge is 0.461 e. The van der Waals surface area contributed by atoms with Crippen LogP contribution < -0.4 is 0 Å². The predicted molar refractivity (Wildman–Crippen MR) is 111 cm³/mol. The van der Waals surface area contributed by atoms with Crippen molar-refractivity contribution in [2.45, 2.75) is 45.7 Å². The fraction of sp³-hybridized carbons (Fsp3) is 0.545. The molecule has 6 heteroatoms. The molecule has 1 amide bonds. The SMILES string of the molecule is CCOC(=O)c1cc2cc(C(=O)N3CCCC(N(C)C)C3)ccc2n1C(C)C. The second kappa shape index (κ2) is 8.35. The van der Waals surface area contributed by atoms with E-state index in [-0.39, 0.29) is 17.9 Å². The number of rotatable bonds is 5. The van der Waals surface area contributed by atoms with Crippen LogP contribution in [0.1, 0.15) is 60.5 Å². The molecule has 1 saturated heterocycles. The van der Waals surface area contributed by atoms with Crippen LogP contribution in [0.15, 0.2) is 24.3 Å². The fourth-order valence-corrected chi connectivity index (χ4v) is 4.03. The van der Waals surface area contributed by atoms with Crippen LogP contribution in [0.2, 0.25) is 0 Å². The van der Waals surface area contributed by atoms with E-state index in [4.69, 9.17) is 4.74 Å². The van der Waals surface area contributed by atoms with Crippen molar-refractivity contribution >= 4 is 22.8 Å². The number of amides is 1. The molecule has 0 aliphatic carbocycles. The molecular weight excluding hydrogens is 354 g/mol. The molecule has 0 spiro atoms. The molecule has 0 saturated carbocycles. The first-order valence-electron chi connectivity index (χ1n) is 10.1. The Morgan fingerprint density at radius 2 is 2.00 bits per heavy atom. The summed E-state index contributed by atoms with van der Waals surface area (Å²) in [5.41, 5.74) is 2.14. The van der Waals surface area contributed by atoms with Gasteiger partial charge in [-0.05, 0) is 72.0 Å². The van der Waals surface area contributed by atoms with Gasteiger partial charge in [-0.3, -0.25) is 4.79 Å². The van der Waals surface area contributed by atoms with Crippen molar-refractivity contribution in [3.8, 4) is 0 Å². The first-order chi connectivity index (χ1) is 13.3. The number of benzene rings is 1. The Morgan fingerprint density at radius 1 is 1.25 bits per heavy atom. The van der Waals surface area contributed by atoms with Crippen molar-refractivity contribution < 1.29 is 14.3 Å². The van der Waals surface area contributed by atoms with Crippen LogP contribution in [0, 0.1) is 0 Å². The van der Waals surface area contributed by atoms with Crippen molar-refractivity contribution in [1.29, 1.82) is 0 Å². The Kier molecular flexibility index (Phi) is 6.08. The lowest BCUT2D eigenvalue weighted by atomic mass is 10.0. The molecule has 1 aromatic heterocycles. The van der Waals surface area contributed by atoms with E-state index >= 15 is 0 Å². The van der Waals surface area contributed by atoms with Gasteiger partial charge in [0, 0.05) is 41.6 Å². The number of carbonyl (C=O) groups excluding carboxylic acids is 2. The van der Waals surface area contributed by atoms with Crippen molar-refractivity contribution in [3.63, 3.8) is 0 Å². The normalized spacial score (nSPS) is 17.5. The minimum absolute atomic E-state index is 0.0587. The number of aromatic nitrogens is 1. The van der Waals surface area contributed by atoms with Gasteiger partial charge in [-0.2, -0.15) is 0 Å². The Labute approximate surface area is 167 Å². The number of carbonyl (C=O) groups is 2. The van der Waals surface area contributed by atoms with Gasteiger partial charge in [0.25, 0.3) is 5.91 Å². The molecule has 2 heterocycles. The first-order valence-corrected chi connectivity index (χ1v) is 10.1. The third-order valence-electron chi connectivity index (χ3n) is 5.50. The highest BCUT2D eigenvalue weighted by atomic mass is 16.5. The molecule has 3 rings (SSSR count). The number of hydrogen-bond acceptors (Lipinski definition) is 4. The molecule has 0 bridgehead atoms. The van der Waals surface area contributed by atoms with Gasteiger partial charge in [-0.15, -0.1) is 0 Å². The summed E-state index contributed by atoms with van der Waals surface area (Å²) in [7, 11) is 4.13. The topological polar surface area (TPSA) is 54.8 Å². The molecule has 1 aliphatic rings. The van der Waals surface area contributed by atoms with E-state index < -0.39 is 0 Å². The quantitative estimate of drug-likeness (QED) is 0.739. The molecule has 1 aromatic carbocycles. The highest BCUT2D eigenvalue weighted by Gasteiger charge is 2.26. The van der Waals surface area contributed by atoms with Crippen LogP contribution in [0.4, 0.5) is 0 Å². The number of ether oxygens (including phenoxy) is 1. The number of hydrogen-bond donors (Lipinski definition) is 0. The van der Waals surface area contributed by atoms with Gasteiger partial charge in [-0.1, -0.05) is 0 Å².